The van der Waals surface area contributed by atoms with Crippen LogP contribution in [-0.2, 0) is 17.6 Å². The maximum absolute atomic E-state index is 12.1. The molecule has 0 radical (unpaired) electrons. The monoisotopic (exact) mass is 424 g/mol. The van der Waals surface area contributed by atoms with E-state index in [-0.39, 0.29) is 11.9 Å². The summed E-state index contributed by atoms with van der Waals surface area (Å²) in [6, 6.07) is 16.6. The van der Waals surface area contributed by atoms with Crippen LogP contribution >= 0.6 is 11.3 Å². The number of nitrogens with zero attached hydrogens (tertiary/aromatic N) is 1. The summed E-state index contributed by atoms with van der Waals surface area (Å²) in [5.74, 6) is 0.784. The highest BCUT2D eigenvalue weighted by atomic mass is 32.1. The Balaban J connectivity index is 1.37. The molecule has 0 aliphatic heterocycles. The van der Waals surface area contributed by atoms with Crippen LogP contribution in [0.25, 0.3) is 0 Å². The number of para-hydroxylation sites is 1. The average molecular weight is 425 g/mol. The first-order valence-corrected chi connectivity index (χ1v) is 10.5. The minimum absolute atomic E-state index is 0.0257. The van der Waals surface area contributed by atoms with Crippen LogP contribution in [0.5, 0.6) is 5.75 Å². The Kier molecular flexibility index (Phi) is 7.79. The Hall–Kier alpha value is -3.39. The number of carbonyl (C=O) groups excluding carboxylic acids is 2. The number of carbonyl (C=O) groups is 2. The number of hydrogen-bond acceptors (Lipinski definition) is 5. The van der Waals surface area contributed by atoms with Crippen LogP contribution in [-0.4, -0.2) is 30.6 Å². The van der Waals surface area contributed by atoms with Crippen molar-refractivity contribution < 1.29 is 14.3 Å². The summed E-state index contributed by atoms with van der Waals surface area (Å²) >= 11 is 1.33. The number of amides is 3. The number of rotatable bonds is 9. The van der Waals surface area contributed by atoms with Crippen LogP contribution in [0.1, 0.15) is 17.7 Å². The third-order valence-corrected chi connectivity index (χ3v) is 5.09. The molecule has 0 bridgehead atoms. The van der Waals surface area contributed by atoms with E-state index in [0.29, 0.717) is 30.2 Å². The first-order chi connectivity index (χ1) is 14.6. The van der Waals surface area contributed by atoms with Crippen molar-refractivity contribution in [1.82, 2.24) is 10.3 Å². The molecule has 30 heavy (non-hydrogen) atoms. The standard InChI is InChI=1S/C22H24N4O3S/c1-29-19-9-5-6-16(14-19)12-13-23-20(27)11-10-18-15-30-22(25-18)26-21(28)24-17-7-3-2-4-8-17/h2-9,14-15H,10-13H2,1H3,(H,23,27)(H2,24,25,26,28). The van der Waals surface area contributed by atoms with Gasteiger partial charge in [0, 0.05) is 24.0 Å². The molecule has 0 saturated heterocycles. The summed E-state index contributed by atoms with van der Waals surface area (Å²) in [4.78, 5) is 28.4. The molecule has 0 aliphatic rings. The Morgan fingerprint density at radius 3 is 2.67 bits per heavy atom. The molecule has 8 heteroatoms. The molecular formula is C22H24N4O3S. The molecule has 0 aliphatic carbocycles. The minimum Gasteiger partial charge on any atom is -0.497 e. The van der Waals surface area contributed by atoms with Gasteiger partial charge in [-0.3, -0.25) is 10.1 Å². The summed E-state index contributed by atoms with van der Waals surface area (Å²) in [6.45, 7) is 0.565. The minimum atomic E-state index is -0.350. The van der Waals surface area contributed by atoms with Crippen LogP contribution in [0.15, 0.2) is 60.0 Å². The molecule has 3 aromatic rings. The molecule has 0 saturated carbocycles. The van der Waals surface area contributed by atoms with Gasteiger partial charge >= 0.3 is 6.03 Å². The Morgan fingerprint density at radius 1 is 1.03 bits per heavy atom. The van der Waals surface area contributed by atoms with Crippen LogP contribution < -0.4 is 20.7 Å². The number of anilines is 2. The first kappa shape index (κ1) is 21.3. The van der Waals surface area contributed by atoms with Crippen molar-refractivity contribution in [3.63, 3.8) is 0 Å². The van der Waals surface area contributed by atoms with Crippen molar-refractivity contribution >= 4 is 34.1 Å². The number of urea groups is 1. The second kappa shape index (κ2) is 11.0. The number of methoxy groups -OCH3 is 1. The number of thiazole rings is 1. The van der Waals surface area contributed by atoms with Gasteiger partial charge < -0.3 is 15.4 Å². The van der Waals surface area contributed by atoms with Gasteiger partial charge in [-0.2, -0.15) is 0 Å². The van der Waals surface area contributed by atoms with E-state index in [2.05, 4.69) is 20.9 Å². The van der Waals surface area contributed by atoms with Gasteiger partial charge in [-0.05, 0) is 42.7 Å². The van der Waals surface area contributed by atoms with Gasteiger partial charge in [-0.1, -0.05) is 30.3 Å². The smallest absolute Gasteiger partial charge is 0.325 e. The lowest BCUT2D eigenvalue weighted by Gasteiger charge is -2.06. The third kappa shape index (κ3) is 6.89. The molecule has 1 aromatic heterocycles. The lowest BCUT2D eigenvalue weighted by Crippen LogP contribution is -2.25. The quantitative estimate of drug-likeness (QED) is 0.482. The van der Waals surface area contributed by atoms with Gasteiger partial charge in [-0.15, -0.1) is 11.3 Å². The van der Waals surface area contributed by atoms with E-state index in [9.17, 15) is 9.59 Å². The number of aromatic nitrogens is 1. The van der Waals surface area contributed by atoms with Crippen LogP contribution in [0.3, 0.4) is 0 Å². The molecule has 0 unspecified atom stereocenters. The second-order valence-corrected chi connectivity index (χ2v) is 7.40. The molecule has 0 atom stereocenters. The second-order valence-electron chi connectivity index (χ2n) is 6.54. The molecule has 1 heterocycles. The zero-order chi connectivity index (χ0) is 21.2. The SMILES string of the molecule is COc1cccc(CCNC(=O)CCc2csc(NC(=O)Nc3ccccc3)n2)c1. The van der Waals surface area contributed by atoms with E-state index in [1.165, 1.54) is 11.3 Å². The van der Waals surface area contributed by atoms with E-state index >= 15 is 0 Å². The van der Waals surface area contributed by atoms with Crippen molar-refractivity contribution in [2.24, 2.45) is 0 Å². The van der Waals surface area contributed by atoms with Crippen LogP contribution in [0, 0.1) is 0 Å². The first-order valence-electron chi connectivity index (χ1n) is 9.59. The Labute approximate surface area is 179 Å². The highest BCUT2D eigenvalue weighted by Gasteiger charge is 2.09. The fourth-order valence-corrected chi connectivity index (χ4v) is 3.50. The molecule has 3 rings (SSSR count). The normalized spacial score (nSPS) is 10.3. The zero-order valence-electron chi connectivity index (χ0n) is 16.7. The fourth-order valence-electron chi connectivity index (χ4n) is 2.76. The predicted molar refractivity (Wildman–Crippen MR) is 119 cm³/mol. The number of aryl methyl sites for hydroxylation is 1. The summed E-state index contributed by atoms with van der Waals surface area (Å²) < 4.78 is 5.20. The number of ether oxygens (including phenoxy) is 1. The maximum atomic E-state index is 12.1. The van der Waals surface area contributed by atoms with E-state index in [4.69, 9.17) is 4.74 Å². The third-order valence-electron chi connectivity index (χ3n) is 4.28. The van der Waals surface area contributed by atoms with Crippen molar-refractivity contribution in [2.45, 2.75) is 19.3 Å². The molecule has 156 valence electrons. The molecule has 0 fully saturated rings. The lowest BCUT2D eigenvalue weighted by atomic mass is 10.1. The molecular weight excluding hydrogens is 400 g/mol. The Bertz CT molecular complexity index is 975. The van der Waals surface area contributed by atoms with Gasteiger partial charge in [-0.25, -0.2) is 9.78 Å². The molecule has 2 aromatic carbocycles. The van der Waals surface area contributed by atoms with Gasteiger partial charge in [0.2, 0.25) is 5.91 Å². The Morgan fingerprint density at radius 2 is 1.87 bits per heavy atom. The predicted octanol–water partition coefficient (Wildman–Crippen LogP) is 4.09. The summed E-state index contributed by atoms with van der Waals surface area (Å²) in [5.41, 5.74) is 2.59. The lowest BCUT2D eigenvalue weighted by molar-refractivity contribution is -0.121. The maximum Gasteiger partial charge on any atom is 0.325 e. The van der Waals surface area contributed by atoms with Crippen molar-refractivity contribution in [3.8, 4) is 5.75 Å². The number of benzene rings is 2. The average Bonchev–Trinajstić information content (AvgIpc) is 3.20. The molecule has 0 spiro atoms. The van der Waals surface area contributed by atoms with Gasteiger partial charge in [0.25, 0.3) is 0 Å². The van der Waals surface area contributed by atoms with Gasteiger partial charge in [0.1, 0.15) is 5.75 Å². The zero-order valence-corrected chi connectivity index (χ0v) is 17.5. The van der Waals surface area contributed by atoms with E-state index in [1.54, 1.807) is 19.2 Å². The molecule has 3 N–H and O–H groups in total. The number of nitrogens with one attached hydrogen (secondary N) is 3. The summed E-state index contributed by atoms with van der Waals surface area (Å²) in [5, 5.41) is 10.7. The van der Waals surface area contributed by atoms with Crippen molar-refractivity contribution in [1.29, 1.82) is 0 Å². The molecule has 3 amide bonds. The van der Waals surface area contributed by atoms with E-state index < -0.39 is 0 Å². The molecule has 7 nitrogen and oxygen atoms in total. The highest BCUT2D eigenvalue weighted by Crippen LogP contribution is 2.17. The summed E-state index contributed by atoms with van der Waals surface area (Å²) in [6.07, 6.45) is 1.60. The van der Waals surface area contributed by atoms with Gasteiger partial charge in [0.15, 0.2) is 5.13 Å². The summed E-state index contributed by atoms with van der Waals surface area (Å²) in [7, 11) is 1.63. The largest absolute Gasteiger partial charge is 0.497 e. The van der Waals surface area contributed by atoms with Crippen LogP contribution in [0.2, 0.25) is 0 Å². The topological polar surface area (TPSA) is 92.4 Å². The van der Waals surface area contributed by atoms with Crippen molar-refractivity contribution in [3.05, 3.63) is 71.2 Å². The highest BCUT2D eigenvalue weighted by molar-refractivity contribution is 7.13. The number of hydrogen-bond donors (Lipinski definition) is 3. The van der Waals surface area contributed by atoms with Crippen LogP contribution in [0.4, 0.5) is 15.6 Å². The van der Waals surface area contributed by atoms with E-state index in [0.717, 1.165) is 23.4 Å². The van der Waals surface area contributed by atoms with Crippen molar-refractivity contribution in [2.75, 3.05) is 24.3 Å². The van der Waals surface area contributed by atoms with Gasteiger partial charge in [0.05, 0.1) is 12.8 Å². The fraction of sp³-hybridized carbons (Fsp3) is 0.227. The van der Waals surface area contributed by atoms with E-state index in [1.807, 2.05) is 47.8 Å².